The van der Waals surface area contributed by atoms with Crippen molar-refractivity contribution in [3.63, 3.8) is 0 Å². The van der Waals surface area contributed by atoms with Crippen LogP contribution in [0.15, 0.2) is 161 Å². The lowest BCUT2D eigenvalue weighted by Crippen LogP contribution is -2.32. The average Bonchev–Trinajstić information content (AvgIpc) is 1.63. The number of rotatable bonds is 29. The molecule has 0 aliphatic carbocycles. The maximum Gasteiger partial charge on any atom is 0.409 e. The molecule has 3 unspecified atom stereocenters. The lowest BCUT2D eigenvalue weighted by molar-refractivity contribution is -0.168. The predicted molar refractivity (Wildman–Crippen MR) is 570 cm³/mol. The zero-order valence-electron chi connectivity index (χ0n) is 86.3. The molecule has 3 amide bonds. The molecule has 0 aliphatic heterocycles. The highest BCUT2D eigenvalue weighted by molar-refractivity contribution is 6.31. The predicted octanol–water partition coefficient (Wildman–Crippen LogP) is 17.5. The Hall–Kier alpha value is -15.3. The van der Waals surface area contributed by atoms with E-state index in [9.17, 15) is 75.5 Å². The number of carbonyl (C=O) groups excluding carboxylic acids is 4. The number of hydrogen-bond donors (Lipinski definition) is 11. The molecule has 0 spiro atoms. The number of nitrogens with two attached hydrogens (primary N) is 1. The number of nitrogens with zero attached hydrogens (tertiary/aromatic N) is 18. The van der Waals surface area contributed by atoms with Gasteiger partial charge in [0, 0.05) is 125 Å². The fourth-order valence-electron chi connectivity index (χ4n) is 17.8. The Morgan fingerprint density at radius 2 is 0.658 bits per heavy atom. The smallest absolute Gasteiger partial charge is 0.409 e. The van der Waals surface area contributed by atoms with Crippen molar-refractivity contribution < 1.29 is 42.3 Å². The fourth-order valence-corrected chi connectivity index (χ4v) is 18.3. The molecule has 17 rings (SSSR count). The molecule has 0 fully saturated rings. The number of halogens is 6. The normalized spacial score (nSPS) is 12.0. The van der Waals surface area contributed by atoms with Gasteiger partial charge in [-0.15, -0.1) is 0 Å². The van der Waals surface area contributed by atoms with Crippen LogP contribution in [-0.4, -0.2) is 188 Å². The first-order valence-electron chi connectivity index (χ1n) is 49.2. The van der Waals surface area contributed by atoms with Gasteiger partial charge in [-0.25, -0.2) is 83.0 Å². The van der Waals surface area contributed by atoms with E-state index in [0.29, 0.717) is 115 Å². The van der Waals surface area contributed by atoms with E-state index >= 15 is 0 Å². The van der Waals surface area contributed by atoms with E-state index < -0.39 is 29.8 Å². The maximum absolute atomic E-state index is 12.9. The molecule has 149 heavy (non-hydrogen) atoms. The van der Waals surface area contributed by atoms with Gasteiger partial charge in [0.2, 0.25) is 5.91 Å². The highest BCUT2D eigenvalue weighted by Gasteiger charge is 2.42. The number of nitrogens with one attached hydrogen (secondary N) is 9. The number of Topliss-reactive ketones (excluding diaryl/α,β-unsaturated/α-hetero) is 1. The van der Waals surface area contributed by atoms with Gasteiger partial charge in [-0.1, -0.05) is 145 Å². The average molecular weight is 2120 g/mol. The van der Waals surface area contributed by atoms with E-state index in [1.165, 1.54) is 74.3 Å². The molecule has 0 saturated heterocycles. The van der Waals surface area contributed by atoms with E-state index in [2.05, 4.69) is 111 Å². The highest BCUT2D eigenvalue weighted by Crippen LogP contribution is 2.36. The van der Waals surface area contributed by atoms with Crippen molar-refractivity contribution in [2.75, 3.05) is 21.1 Å². The number of ketones is 1. The van der Waals surface area contributed by atoms with Crippen LogP contribution in [0.25, 0.3) is 89.3 Å². The van der Waals surface area contributed by atoms with Gasteiger partial charge in [0.25, 0.3) is 11.8 Å². The number of amides is 3. The molecule has 0 bridgehead atoms. The SMILES string of the molecule is CCC(CC(C)C)n1c(=O)[nH]c2ncc(Cl)cc21.CCC(CC)n1c(=O)[nH]c2ncc(C(=O)N(C)C)cc21.CCC(CC)n1c(=O)[nH]c2ncc(C(=O)NC)cc21.CCC(CC)n1c(=O)[nH]c2ncc(C(=O)O)cc21.CCC(CC)n1c(=O)[nH]c2ncc(C(C)=O)cc21.CCC(CC)n1c(=O)[nH]c2ncc(C(N)=O)cc21.CCC(c1cccnc1)n1c(=O)[nH]c2ncc(Cl)cc21.CCC(n1c(=O)[nH]c2ncc(Cl)cc21)C(F)(F)F. The molecule has 0 radical (unpaired) electrons. The van der Waals surface area contributed by atoms with Crippen LogP contribution in [0.1, 0.15) is 306 Å². The summed E-state index contributed by atoms with van der Waals surface area (Å²) < 4.78 is 51.0. The zero-order valence-corrected chi connectivity index (χ0v) is 88.6. The van der Waals surface area contributed by atoms with Gasteiger partial charge in [-0.2, -0.15) is 13.2 Å². The third-order valence-corrected chi connectivity index (χ3v) is 26.1. The summed E-state index contributed by atoms with van der Waals surface area (Å²) in [7, 11) is 4.95. The highest BCUT2D eigenvalue weighted by atomic mass is 35.5. The van der Waals surface area contributed by atoms with E-state index in [4.69, 9.17) is 45.6 Å². The summed E-state index contributed by atoms with van der Waals surface area (Å²) >= 11 is 17.6. The quantitative estimate of drug-likeness (QED) is 0.0194. The van der Waals surface area contributed by atoms with Gasteiger partial charge >= 0.3 is 57.7 Å². The molecule has 17 aromatic rings. The number of aromatic nitrogens is 25. The molecule has 0 aromatic carbocycles. The maximum atomic E-state index is 12.9. The summed E-state index contributed by atoms with van der Waals surface area (Å²) in [6, 6.07) is 15.7. The Morgan fingerprint density at radius 1 is 0.383 bits per heavy atom. The number of carbonyl (C=O) groups is 5. The number of imidazole rings is 8. The molecule has 42 nitrogen and oxygen atoms in total. The molecular weight excluding hydrogens is 1990 g/mol. The van der Waals surface area contributed by atoms with E-state index in [0.717, 1.165) is 94.6 Å². The third-order valence-electron chi connectivity index (χ3n) is 25.5. The minimum Gasteiger partial charge on any atom is -0.478 e. The Kier molecular flexibility index (Phi) is 40.2. The summed E-state index contributed by atoms with van der Waals surface area (Å²) in [6.07, 6.45) is 21.3. The van der Waals surface area contributed by atoms with Crippen LogP contribution >= 0.6 is 34.8 Å². The Bertz CT molecular complexity index is 7810. The van der Waals surface area contributed by atoms with Crippen LogP contribution in [-0.2, 0) is 0 Å². The molecule has 0 saturated carbocycles. The van der Waals surface area contributed by atoms with Crippen LogP contribution < -0.4 is 56.6 Å². The number of primary amides is 1. The summed E-state index contributed by atoms with van der Waals surface area (Å²) in [6.45, 7) is 31.6. The first kappa shape index (κ1) is 116. The van der Waals surface area contributed by atoms with Gasteiger partial charge in [0.05, 0.1) is 87.5 Å². The van der Waals surface area contributed by atoms with E-state index in [1.54, 1.807) is 108 Å². The molecule has 3 atom stereocenters. The summed E-state index contributed by atoms with van der Waals surface area (Å²) in [5, 5.41) is 12.7. The second kappa shape index (κ2) is 51.9. The number of hydrogen-bond acceptors (Lipinski definition) is 22. The number of carboxylic acid groups (broad SMARTS) is 1. The van der Waals surface area contributed by atoms with E-state index in [-0.39, 0.29) is 128 Å². The number of aromatic amines is 8. The van der Waals surface area contributed by atoms with Crippen molar-refractivity contribution in [3.05, 3.63) is 255 Å². The van der Waals surface area contributed by atoms with Gasteiger partial charge in [-0.05, 0) is 163 Å². The Morgan fingerprint density at radius 3 is 0.953 bits per heavy atom. The van der Waals surface area contributed by atoms with Crippen molar-refractivity contribution in [2.45, 2.75) is 255 Å². The minimum atomic E-state index is -4.50. The standard InChI is InChI=1S/C14H13ClN4O.C14H20N4O2.C13H18ClN3O.C13H18N4O2.C13H17N3O2.C12H16N4O2.C12H15N3O3.C10H9ClF3N3O/c1-2-11(9-4-3-5-16-7-9)19-12-6-10(15)8-17-13(12)18-14(19)20;1-5-10(6-2)18-11-7-9(13(19)17(3)4)8-15-12(11)16-14(18)20;1-4-10(5-8(2)3)17-11-6-9(14)7-15-12(11)16-13(17)18;1-4-9(5-2)17-10-6-8(12(18)14-3)7-15-11(10)16-13(17)19;1-4-10(5-2)16-11-6-9(8(3)17)7-14-12(11)15-13(16)18;1-3-8(4-2)16-9-5-7(10(13)17)6-14-11(9)15-12(16)18;1-3-8(4-2)15-9-5-7(11(16)17)6-13-10(9)14-12(15)18;1-2-7(10(12,13)14)17-6-3-5(11)4-15-8(6)16-9(17)18/h3-8,11H,2H2,1H3,(H,17,18,20);7-8,10H,5-6H2,1-4H3,(H,15,16,20);6-8,10H,4-5H2,1-3H3,(H,15,16,18);6-7,9H,4-5H2,1-3H3,(H,14,18)(H,15,16,19);6-7,10H,4-5H2,1-3H3,(H,14,15,18);5-6,8H,3-4H2,1-2H3,(H2,13,17)(H,14,15,18);5-6,8H,3-4H2,1-2H3,(H,16,17)(H,13,14,18);3-4,7H,2H2,1H3,(H,15,16,18). The van der Waals surface area contributed by atoms with Crippen molar-refractivity contribution >= 4 is 154 Å². The number of alkyl halides is 3. The van der Waals surface area contributed by atoms with Gasteiger partial charge in [0.15, 0.2) is 51.0 Å². The second-order valence-corrected chi connectivity index (χ2v) is 37.0. The first-order valence-corrected chi connectivity index (χ1v) is 50.3. The summed E-state index contributed by atoms with van der Waals surface area (Å²) in [5.74, 6) is -1.43. The van der Waals surface area contributed by atoms with Crippen molar-refractivity contribution in [3.8, 4) is 0 Å². The van der Waals surface area contributed by atoms with Crippen molar-refractivity contribution in [1.82, 2.24) is 131 Å². The molecule has 12 N–H and O–H groups in total. The summed E-state index contributed by atoms with van der Waals surface area (Å²) in [4.78, 5) is 212. The minimum absolute atomic E-state index is 0.0471. The van der Waals surface area contributed by atoms with E-state index in [1.807, 2.05) is 88.3 Å². The van der Waals surface area contributed by atoms with Crippen LogP contribution in [0.3, 0.4) is 0 Å². The lowest BCUT2D eigenvalue weighted by Gasteiger charge is -2.19. The number of aromatic carboxylic acids is 1. The lowest BCUT2D eigenvalue weighted by atomic mass is 10.0. The fraction of sp³-hybridized carbons (Fsp3) is 0.426. The first-order chi connectivity index (χ1) is 70.9. The van der Waals surface area contributed by atoms with Gasteiger partial charge < -0.3 is 21.1 Å². The Balaban J connectivity index is 0.000000174. The molecule has 17 aromatic heterocycles. The van der Waals surface area contributed by atoms with Gasteiger partial charge in [-0.3, -0.25) is 101 Å². The van der Waals surface area contributed by atoms with Crippen molar-refractivity contribution in [1.29, 1.82) is 0 Å². The molecule has 48 heteroatoms. The summed E-state index contributed by atoms with van der Waals surface area (Å²) in [5.41, 5.74) is 14.5. The van der Waals surface area contributed by atoms with Crippen molar-refractivity contribution in [2.24, 2.45) is 11.7 Å². The third kappa shape index (κ3) is 26.8. The number of carboxylic acids is 1. The number of pyridine rings is 9. The molecular formula is C101H126Cl3F3N28O14. The zero-order chi connectivity index (χ0) is 110. The van der Waals surface area contributed by atoms with Crippen LogP contribution in [0.2, 0.25) is 15.1 Å². The number of fused-ring (bicyclic) bond motifs is 8. The van der Waals surface area contributed by atoms with Gasteiger partial charge in [0.1, 0.15) is 6.04 Å². The van der Waals surface area contributed by atoms with Crippen LogP contribution in [0, 0.1) is 5.92 Å². The van der Waals surface area contributed by atoms with Crippen LogP contribution in [0.4, 0.5) is 13.2 Å². The molecule has 17 heterocycles. The monoisotopic (exact) mass is 2120 g/mol. The number of H-pyrrole nitrogens is 8. The molecule has 0 aliphatic rings. The second-order valence-electron chi connectivity index (χ2n) is 35.6. The van der Waals surface area contributed by atoms with Crippen LogP contribution in [0.5, 0.6) is 0 Å². The Labute approximate surface area is 865 Å². The largest absolute Gasteiger partial charge is 0.478 e. The molecule has 796 valence electrons. The topological polar surface area (TPSA) is 565 Å².